The lowest BCUT2D eigenvalue weighted by atomic mass is 9.85. The molecule has 19 heavy (non-hydrogen) atoms. The van der Waals surface area contributed by atoms with Crippen LogP contribution in [0.1, 0.15) is 32.1 Å². The SMILES string of the molecule is COC(=O)CCN(C)C1CCOC2(CCSCC2)C1. The Bertz CT molecular complexity index is 300. The summed E-state index contributed by atoms with van der Waals surface area (Å²) in [4.78, 5) is 13.5. The van der Waals surface area contributed by atoms with Crippen molar-refractivity contribution in [3.8, 4) is 0 Å². The maximum atomic E-state index is 11.2. The minimum absolute atomic E-state index is 0.119. The highest BCUT2D eigenvalue weighted by Gasteiger charge is 2.39. The number of esters is 1. The second-order valence-corrected chi connectivity index (χ2v) is 6.82. The molecule has 1 unspecified atom stereocenters. The predicted molar refractivity (Wildman–Crippen MR) is 77.5 cm³/mol. The molecule has 2 aliphatic rings. The molecule has 0 bridgehead atoms. The lowest BCUT2D eigenvalue weighted by Crippen LogP contribution is -2.49. The molecular formula is C14H25NO3S. The van der Waals surface area contributed by atoms with Crippen molar-refractivity contribution in [3.05, 3.63) is 0 Å². The van der Waals surface area contributed by atoms with E-state index in [-0.39, 0.29) is 11.6 Å². The van der Waals surface area contributed by atoms with Crippen LogP contribution in [0.2, 0.25) is 0 Å². The first-order valence-corrected chi connectivity index (χ1v) is 8.29. The second-order valence-electron chi connectivity index (χ2n) is 5.60. The molecule has 0 saturated carbocycles. The number of nitrogens with zero attached hydrogens (tertiary/aromatic N) is 1. The number of ether oxygens (including phenoxy) is 2. The summed E-state index contributed by atoms with van der Waals surface area (Å²) in [7, 11) is 3.57. The van der Waals surface area contributed by atoms with E-state index in [1.165, 1.54) is 31.5 Å². The van der Waals surface area contributed by atoms with E-state index in [0.717, 1.165) is 26.0 Å². The largest absolute Gasteiger partial charge is 0.469 e. The summed E-state index contributed by atoms with van der Waals surface area (Å²) in [6.45, 7) is 1.64. The van der Waals surface area contributed by atoms with Crippen LogP contribution in [-0.4, -0.2) is 61.3 Å². The van der Waals surface area contributed by atoms with Gasteiger partial charge in [0.05, 0.1) is 19.1 Å². The lowest BCUT2D eigenvalue weighted by Gasteiger charge is -2.45. The Morgan fingerprint density at radius 2 is 2.21 bits per heavy atom. The van der Waals surface area contributed by atoms with Crippen molar-refractivity contribution >= 4 is 17.7 Å². The first-order chi connectivity index (χ1) is 9.15. The molecule has 0 N–H and O–H groups in total. The molecule has 2 saturated heterocycles. The fourth-order valence-corrected chi connectivity index (χ4v) is 4.26. The Labute approximate surface area is 120 Å². The van der Waals surface area contributed by atoms with Crippen LogP contribution in [0.3, 0.4) is 0 Å². The maximum absolute atomic E-state index is 11.2. The minimum Gasteiger partial charge on any atom is -0.469 e. The van der Waals surface area contributed by atoms with Crippen LogP contribution in [0.4, 0.5) is 0 Å². The molecule has 1 spiro atoms. The van der Waals surface area contributed by atoms with Gasteiger partial charge in [-0.05, 0) is 44.2 Å². The van der Waals surface area contributed by atoms with Crippen LogP contribution >= 0.6 is 11.8 Å². The van der Waals surface area contributed by atoms with E-state index < -0.39 is 0 Å². The maximum Gasteiger partial charge on any atom is 0.306 e. The van der Waals surface area contributed by atoms with Crippen molar-refractivity contribution in [2.24, 2.45) is 0 Å². The van der Waals surface area contributed by atoms with Gasteiger partial charge in [0.25, 0.3) is 0 Å². The van der Waals surface area contributed by atoms with Gasteiger partial charge in [0.1, 0.15) is 0 Å². The zero-order valence-electron chi connectivity index (χ0n) is 12.0. The van der Waals surface area contributed by atoms with Crippen LogP contribution in [0.25, 0.3) is 0 Å². The Kier molecular flexibility index (Phi) is 5.54. The van der Waals surface area contributed by atoms with Crippen molar-refractivity contribution in [1.82, 2.24) is 4.90 Å². The number of methoxy groups -OCH3 is 1. The van der Waals surface area contributed by atoms with Crippen LogP contribution in [0, 0.1) is 0 Å². The summed E-state index contributed by atoms with van der Waals surface area (Å²) < 4.78 is 10.8. The number of carbonyl (C=O) groups excluding carboxylic acids is 1. The van der Waals surface area contributed by atoms with Gasteiger partial charge in [-0.15, -0.1) is 0 Å². The van der Waals surface area contributed by atoms with Crippen LogP contribution < -0.4 is 0 Å². The number of hydrogen-bond donors (Lipinski definition) is 0. The van der Waals surface area contributed by atoms with Gasteiger partial charge >= 0.3 is 5.97 Å². The zero-order valence-corrected chi connectivity index (χ0v) is 12.8. The molecule has 2 fully saturated rings. The van der Waals surface area contributed by atoms with Crippen molar-refractivity contribution < 1.29 is 14.3 Å². The highest BCUT2D eigenvalue weighted by Crippen LogP contribution is 2.38. The molecule has 1 atom stereocenters. The van der Waals surface area contributed by atoms with Gasteiger partial charge in [-0.1, -0.05) is 0 Å². The number of hydrogen-bond acceptors (Lipinski definition) is 5. The van der Waals surface area contributed by atoms with Gasteiger partial charge in [-0.25, -0.2) is 0 Å². The minimum atomic E-state index is -0.123. The van der Waals surface area contributed by atoms with Crippen molar-refractivity contribution in [3.63, 3.8) is 0 Å². The molecule has 0 radical (unpaired) electrons. The van der Waals surface area contributed by atoms with E-state index >= 15 is 0 Å². The third-order valence-corrected chi connectivity index (χ3v) is 5.38. The number of rotatable bonds is 4. The molecule has 4 nitrogen and oxygen atoms in total. The summed E-state index contributed by atoms with van der Waals surface area (Å²) >= 11 is 2.03. The summed E-state index contributed by atoms with van der Waals surface area (Å²) in [5.41, 5.74) is 0.119. The van der Waals surface area contributed by atoms with Gasteiger partial charge in [-0.2, -0.15) is 11.8 Å². The summed E-state index contributed by atoms with van der Waals surface area (Å²) in [6, 6.07) is 0.543. The van der Waals surface area contributed by atoms with Crippen molar-refractivity contribution in [2.75, 3.05) is 38.8 Å². The van der Waals surface area contributed by atoms with E-state index in [0.29, 0.717) is 12.5 Å². The molecule has 0 amide bonds. The van der Waals surface area contributed by atoms with Crippen molar-refractivity contribution in [1.29, 1.82) is 0 Å². The van der Waals surface area contributed by atoms with Crippen LogP contribution in [0.5, 0.6) is 0 Å². The molecule has 0 aliphatic carbocycles. The van der Waals surface area contributed by atoms with E-state index in [1.54, 1.807) is 0 Å². The van der Waals surface area contributed by atoms with Gasteiger partial charge in [0, 0.05) is 19.2 Å². The van der Waals surface area contributed by atoms with E-state index in [4.69, 9.17) is 9.47 Å². The van der Waals surface area contributed by atoms with Crippen LogP contribution in [0.15, 0.2) is 0 Å². The van der Waals surface area contributed by atoms with E-state index in [9.17, 15) is 4.79 Å². The predicted octanol–water partition coefficient (Wildman–Crippen LogP) is 1.93. The van der Waals surface area contributed by atoms with Gasteiger partial charge in [-0.3, -0.25) is 4.79 Å². The molecule has 0 aromatic rings. The van der Waals surface area contributed by atoms with Gasteiger partial charge in [0.15, 0.2) is 0 Å². The molecule has 110 valence electrons. The number of carbonyl (C=O) groups is 1. The molecular weight excluding hydrogens is 262 g/mol. The lowest BCUT2D eigenvalue weighted by molar-refractivity contribution is -0.141. The molecule has 2 rings (SSSR count). The molecule has 5 heteroatoms. The molecule has 0 aromatic heterocycles. The topological polar surface area (TPSA) is 38.8 Å². The monoisotopic (exact) mass is 287 g/mol. The smallest absolute Gasteiger partial charge is 0.306 e. The quantitative estimate of drug-likeness (QED) is 0.739. The highest BCUT2D eigenvalue weighted by atomic mass is 32.2. The fraction of sp³-hybridized carbons (Fsp3) is 0.929. The van der Waals surface area contributed by atoms with Gasteiger partial charge < -0.3 is 14.4 Å². The summed E-state index contributed by atoms with van der Waals surface area (Å²) in [5, 5.41) is 0. The first-order valence-electron chi connectivity index (χ1n) is 7.14. The second kappa shape index (κ2) is 6.95. The highest BCUT2D eigenvalue weighted by molar-refractivity contribution is 7.99. The van der Waals surface area contributed by atoms with Crippen molar-refractivity contribution in [2.45, 2.75) is 43.7 Å². The Hall–Kier alpha value is -0.260. The Balaban J connectivity index is 1.84. The normalized spacial score (nSPS) is 26.6. The zero-order chi connectivity index (χ0) is 13.7. The Morgan fingerprint density at radius 3 is 2.89 bits per heavy atom. The summed E-state index contributed by atoms with van der Waals surface area (Å²) in [5.74, 6) is 2.32. The average molecular weight is 287 g/mol. The standard InChI is InChI=1S/C14H25NO3S/c1-15(7-3-13(16)17-2)12-4-8-18-14(11-12)5-9-19-10-6-14/h12H,3-11H2,1-2H3. The molecule has 2 aliphatic heterocycles. The molecule has 2 heterocycles. The first kappa shape index (κ1) is 15.1. The average Bonchev–Trinajstić information content (AvgIpc) is 2.45. The Morgan fingerprint density at radius 1 is 1.47 bits per heavy atom. The summed E-state index contributed by atoms with van der Waals surface area (Å²) in [6.07, 6.45) is 5.03. The fourth-order valence-electron chi connectivity index (χ4n) is 3.02. The van der Waals surface area contributed by atoms with E-state index in [2.05, 4.69) is 11.9 Å². The van der Waals surface area contributed by atoms with E-state index in [1.807, 2.05) is 11.8 Å². The third-order valence-electron chi connectivity index (χ3n) is 4.39. The number of thioether (sulfide) groups is 1. The third kappa shape index (κ3) is 4.10. The molecule has 0 aromatic carbocycles. The van der Waals surface area contributed by atoms with Gasteiger partial charge in [0.2, 0.25) is 0 Å². The van der Waals surface area contributed by atoms with Crippen LogP contribution in [-0.2, 0) is 14.3 Å².